The number of likely N-dealkylation sites (N-methyl/N-ethyl adjacent to an activating group) is 2. The second-order valence-electron chi connectivity index (χ2n) is 5.14. The SMILES string of the molecule is CN1CCCC(N(C)c2ccc(Cl)cc2C(=O)O)C1. The van der Waals surface area contributed by atoms with Gasteiger partial charge in [-0.05, 0) is 44.6 Å². The minimum atomic E-state index is -0.937. The minimum Gasteiger partial charge on any atom is -0.478 e. The van der Waals surface area contributed by atoms with Crippen LogP contribution < -0.4 is 4.90 Å². The first kappa shape index (κ1) is 14.2. The van der Waals surface area contributed by atoms with Crippen LogP contribution >= 0.6 is 11.6 Å². The quantitative estimate of drug-likeness (QED) is 0.925. The van der Waals surface area contributed by atoms with Crippen molar-refractivity contribution in [3.05, 3.63) is 28.8 Å². The molecule has 1 aliphatic rings. The van der Waals surface area contributed by atoms with E-state index in [1.165, 1.54) is 6.07 Å². The molecule has 1 aliphatic heterocycles. The average Bonchev–Trinajstić information content (AvgIpc) is 2.37. The molecule has 4 nitrogen and oxygen atoms in total. The second kappa shape index (κ2) is 5.80. The first-order valence-electron chi connectivity index (χ1n) is 6.43. The standard InChI is InChI=1S/C14H19ClN2O2/c1-16-7-3-4-11(9-16)17(2)13-6-5-10(15)8-12(13)14(18)19/h5-6,8,11H,3-4,7,9H2,1-2H3,(H,18,19). The number of carbonyl (C=O) groups is 1. The van der Waals surface area contributed by atoms with Crippen LogP contribution in [0.5, 0.6) is 0 Å². The molecular formula is C14H19ClN2O2. The van der Waals surface area contributed by atoms with E-state index in [0.29, 0.717) is 11.1 Å². The summed E-state index contributed by atoms with van der Waals surface area (Å²) in [4.78, 5) is 15.7. The molecule has 0 aliphatic carbocycles. The fraction of sp³-hybridized carbons (Fsp3) is 0.500. The Labute approximate surface area is 118 Å². The van der Waals surface area contributed by atoms with Gasteiger partial charge >= 0.3 is 5.97 Å². The van der Waals surface area contributed by atoms with E-state index in [9.17, 15) is 9.90 Å². The highest BCUT2D eigenvalue weighted by molar-refractivity contribution is 6.31. The van der Waals surface area contributed by atoms with Gasteiger partial charge in [0.15, 0.2) is 0 Å². The largest absolute Gasteiger partial charge is 0.478 e. The van der Waals surface area contributed by atoms with Gasteiger partial charge in [0.05, 0.1) is 11.3 Å². The number of hydrogen-bond donors (Lipinski definition) is 1. The molecule has 1 atom stereocenters. The van der Waals surface area contributed by atoms with E-state index in [1.807, 2.05) is 7.05 Å². The van der Waals surface area contributed by atoms with Crippen LogP contribution in [0, 0.1) is 0 Å². The molecule has 1 aromatic rings. The van der Waals surface area contributed by atoms with Crippen molar-refractivity contribution in [3.63, 3.8) is 0 Å². The van der Waals surface area contributed by atoms with E-state index < -0.39 is 5.97 Å². The van der Waals surface area contributed by atoms with E-state index in [4.69, 9.17) is 11.6 Å². The number of rotatable bonds is 3. The highest BCUT2D eigenvalue weighted by Crippen LogP contribution is 2.27. The summed E-state index contributed by atoms with van der Waals surface area (Å²) in [7, 11) is 4.06. The van der Waals surface area contributed by atoms with Gasteiger partial charge in [0.1, 0.15) is 0 Å². The fourth-order valence-electron chi connectivity index (χ4n) is 2.64. The predicted molar refractivity (Wildman–Crippen MR) is 77.3 cm³/mol. The number of nitrogens with zero attached hydrogens (tertiary/aromatic N) is 2. The third-order valence-corrected chi connectivity index (χ3v) is 3.95. The Morgan fingerprint density at radius 1 is 1.53 bits per heavy atom. The fourth-order valence-corrected chi connectivity index (χ4v) is 2.81. The van der Waals surface area contributed by atoms with Crippen LogP contribution in [0.25, 0.3) is 0 Å². The molecule has 19 heavy (non-hydrogen) atoms. The lowest BCUT2D eigenvalue weighted by molar-refractivity contribution is 0.0697. The third kappa shape index (κ3) is 3.19. The van der Waals surface area contributed by atoms with Gasteiger partial charge in [-0.2, -0.15) is 0 Å². The smallest absolute Gasteiger partial charge is 0.337 e. The molecule has 1 saturated heterocycles. The van der Waals surface area contributed by atoms with Gasteiger partial charge in [0.2, 0.25) is 0 Å². The number of anilines is 1. The van der Waals surface area contributed by atoms with E-state index in [1.54, 1.807) is 12.1 Å². The maximum atomic E-state index is 11.3. The number of likely N-dealkylation sites (tertiary alicyclic amines) is 1. The first-order chi connectivity index (χ1) is 8.99. The normalized spacial score (nSPS) is 20.3. The average molecular weight is 283 g/mol. The number of piperidine rings is 1. The summed E-state index contributed by atoms with van der Waals surface area (Å²) in [5.41, 5.74) is 1.00. The summed E-state index contributed by atoms with van der Waals surface area (Å²) in [6.07, 6.45) is 2.23. The van der Waals surface area contributed by atoms with Crippen molar-refractivity contribution in [1.82, 2.24) is 4.90 Å². The van der Waals surface area contributed by atoms with Gasteiger partial charge < -0.3 is 14.9 Å². The number of halogens is 1. The topological polar surface area (TPSA) is 43.8 Å². The maximum absolute atomic E-state index is 11.3. The zero-order chi connectivity index (χ0) is 14.0. The van der Waals surface area contributed by atoms with Crippen LogP contribution in [0.1, 0.15) is 23.2 Å². The Balaban J connectivity index is 2.27. The van der Waals surface area contributed by atoms with E-state index in [2.05, 4.69) is 16.8 Å². The van der Waals surface area contributed by atoms with Crippen molar-refractivity contribution in [3.8, 4) is 0 Å². The second-order valence-corrected chi connectivity index (χ2v) is 5.57. The number of carboxylic acid groups (broad SMARTS) is 1. The van der Waals surface area contributed by atoms with Crippen molar-refractivity contribution < 1.29 is 9.90 Å². The molecule has 1 fully saturated rings. The number of aromatic carboxylic acids is 1. The lowest BCUT2D eigenvalue weighted by atomic mass is 10.0. The molecule has 0 aromatic heterocycles. The van der Waals surface area contributed by atoms with Gasteiger partial charge in [-0.3, -0.25) is 0 Å². The Hall–Kier alpha value is -1.26. The molecule has 0 amide bonds. The van der Waals surface area contributed by atoms with Gasteiger partial charge in [-0.1, -0.05) is 11.6 Å². The van der Waals surface area contributed by atoms with Crippen LogP contribution in [0.2, 0.25) is 5.02 Å². The van der Waals surface area contributed by atoms with Crippen molar-refractivity contribution in [2.24, 2.45) is 0 Å². The molecule has 1 N–H and O–H groups in total. The van der Waals surface area contributed by atoms with Crippen LogP contribution in [0.3, 0.4) is 0 Å². The first-order valence-corrected chi connectivity index (χ1v) is 6.81. The van der Waals surface area contributed by atoms with Crippen molar-refractivity contribution >= 4 is 23.3 Å². The summed E-state index contributed by atoms with van der Waals surface area (Å²) in [5, 5.41) is 9.75. The molecule has 2 rings (SSSR count). The predicted octanol–water partition coefficient (Wildman–Crippen LogP) is 2.57. The Bertz CT molecular complexity index is 479. The highest BCUT2D eigenvalue weighted by Gasteiger charge is 2.24. The zero-order valence-corrected chi connectivity index (χ0v) is 12.0. The van der Waals surface area contributed by atoms with Crippen molar-refractivity contribution in [2.45, 2.75) is 18.9 Å². The summed E-state index contributed by atoms with van der Waals surface area (Å²) < 4.78 is 0. The molecular weight excluding hydrogens is 264 g/mol. The van der Waals surface area contributed by atoms with E-state index in [0.717, 1.165) is 31.6 Å². The molecule has 0 spiro atoms. The van der Waals surface area contributed by atoms with Gasteiger partial charge in [-0.15, -0.1) is 0 Å². The highest BCUT2D eigenvalue weighted by atomic mass is 35.5. The van der Waals surface area contributed by atoms with Crippen LogP contribution in [-0.2, 0) is 0 Å². The number of carboxylic acids is 1. The van der Waals surface area contributed by atoms with E-state index >= 15 is 0 Å². The lowest BCUT2D eigenvalue weighted by Crippen LogP contribution is -2.45. The van der Waals surface area contributed by atoms with Crippen molar-refractivity contribution in [2.75, 3.05) is 32.1 Å². The Morgan fingerprint density at radius 3 is 2.89 bits per heavy atom. The van der Waals surface area contributed by atoms with E-state index in [-0.39, 0.29) is 5.56 Å². The summed E-state index contributed by atoms with van der Waals surface area (Å²) in [5.74, 6) is -0.937. The van der Waals surface area contributed by atoms with Gasteiger partial charge in [0, 0.05) is 24.7 Å². The molecule has 1 unspecified atom stereocenters. The summed E-state index contributed by atoms with van der Waals surface area (Å²) in [6.45, 7) is 2.06. The van der Waals surface area contributed by atoms with Crippen LogP contribution in [0.4, 0.5) is 5.69 Å². The number of benzene rings is 1. The summed E-state index contributed by atoms with van der Waals surface area (Å²) in [6, 6.07) is 5.40. The van der Waals surface area contributed by atoms with Crippen LogP contribution in [0.15, 0.2) is 18.2 Å². The third-order valence-electron chi connectivity index (χ3n) is 3.72. The van der Waals surface area contributed by atoms with Crippen LogP contribution in [-0.4, -0.2) is 49.2 Å². The Morgan fingerprint density at radius 2 is 2.26 bits per heavy atom. The lowest BCUT2D eigenvalue weighted by Gasteiger charge is -2.37. The summed E-state index contributed by atoms with van der Waals surface area (Å²) >= 11 is 5.88. The molecule has 0 saturated carbocycles. The monoisotopic (exact) mass is 282 g/mol. The van der Waals surface area contributed by atoms with Gasteiger partial charge in [0.25, 0.3) is 0 Å². The molecule has 0 radical (unpaired) electrons. The molecule has 1 aromatic carbocycles. The van der Waals surface area contributed by atoms with Crippen molar-refractivity contribution in [1.29, 1.82) is 0 Å². The maximum Gasteiger partial charge on any atom is 0.337 e. The Kier molecular flexibility index (Phi) is 4.32. The molecule has 104 valence electrons. The van der Waals surface area contributed by atoms with Gasteiger partial charge in [-0.25, -0.2) is 4.79 Å². The molecule has 1 heterocycles. The molecule has 5 heteroatoms. The minimum absolute atomic E-state index is 0.267. The molecule has 0 bridgehead atoms. The number of hydrogen-bond acceptors (Lipinski definition) is 3. The zero-order valence-electron chi connectivity index (χ0n) is 11.3.